The number of hydroxylamine groups is 2. The van der Waals surface area contributed by atoms with Crippen molar-refractivity contribution in [3.8, 4) is 0 Å². The van der Waals surface area contributed by atoms with Gasteiger partial charge in [-0.2, -0.15) is 0 Å². The Hall–Kier alpha value is -0.870. The average Bonchev–Trinajstić information content (AvgIpc) is 2.03. The molecule has 76 valence electrons. The number of unbranched alkanes of at least 4 members (excludes halogenated alkanes) is 1. The zero-order valence-corrected chi connectivity index (χ0v) is 8.41. The Morgan fingerprint density at radius 3 is 2.62 bits per heavy atom. The fourth-order valence-electron chi connectivity index (χ4n) is 0.731. The topological polar surface area (TPSA) is 49.8 Å². The highest BCUT2D eigenvalue weighted by atomic mass is 16.7. The first kappa shape index (κ1) is 12.1. The highest BCUT2D eigenvalue weighted by Gasteiger charge is 2.05. The molecule has 0 saturated carbocycles. The molecule has 13 heavy (non-hydrogen) atoms. The van der Waals surface area contributed by atoms with Crippen LogP contribution in [0.4, 0.5) is 0 Å². The van der Waals surface area contributed by atoms with E-state index in [1.165, 1.54) is 5.06 Å². The molecule has 0 atom stereocenters. The second kappa shape index (κ2) is 6.62. The van der Waals surface area contributed by atoms with Crippen LogP contribution in [0.25, 0.3) is 0 Å². The van der Waals surface area contributed by atoms with Gasteiger partial charge in [-0.15, -0.1) is 5.06 Å². The molecule has 0 unspecified atom stereocenters. The Bertz CT molecular complexity index is 187. The van der Waals surface area contributed by atoms with Gasteiger partial charge in [0.15, 0.2) is 0 Å². The first-order valence-electron chi connectivity index (χ1n) is 4.25. The number of rotatable bonds is 5. The minimum atomic E-state index is -0.345. The van der Waals surface area contributed by atoms with E-state index in [0.29, 0.717) is 18.4 Å². The van der Waals surface area contributed by atoms with Crippen LogP contribution in [0.2, 0.25) is 0 Å². The van der Waals surface area contributed by atoms with Gasteiger partial charge in [0.05, 0.1) is 0 Å². The van der Waals surface area contributed by atoms with Crippen LogP contribution in [0, 0.1) is 0 Å². The average molecular weight is 187 g/mol. The van der Waals surface area contributed by atoms with Gasteiger partial charge in [0, 0.05) is 26.3 Å². The second-order valence-corrected chi connectivity index (χ2v) is 2.94. The van der Waals surface area contributed by atoms with E-state index in [4.69, 9.17) is 9.94 Å². The van der Waals surface area contributed by atoms with Crippen molar-refractivity contribution in [2.45, 2.75) is 19.8 Å². The highest BCUT2D eigenvalue weighted by Crippen LogP contribution is 2.01. The fraction of sp³-hybridized carbons (Fsp3) is 0.667. The predicted molar refractivity (Wildman–Crippen MR) is 49.9 cm³/mol. The molecule has 0 spiro atoms. The maximum atomic E-state index is 11.2. The lowest BCUT2D eigenvalue weighted by atomic mass is 10.2. The van der Waals surface area contributed by atoms with Crippen molar-refractivity contribution in [2.75, 3.05) is 20.7 Å². The Morgan fingerprint density at radius 2 is 2.15 bits per heavy atom. The lowest BCUT2D eigenvalue weighted by molar-refractivity contribution is -0.172. The summed E-state index contributed by atoms with van der Waals surface area (Å²) in [5.74, 6) is -0.345. The summed E-state index contributed by atoms with van der Waals surface area (Å²) in [4.78, 5) is 16.0. The zero-order chi connectivity index (χ0) is 10.3. The van der Waals surface area contributed by atoms with Gasteiger partial charge in [0.25, 0.3) is 0 Å². The van der Waals surface area contributed by atoms with Gasteiger partial charge in [-0.1, -0.05) is 6.08 Å². The van der Waals surface area contributed by atoms with Crippen LogP contribution in [-0.2, 0) is 9.63 Å². The highest BCUT2D eigenvalue weighted by molar-refractivity contribution is 5.87. The molecule has 4 heteroatoms. The van der Waals surface area contributed by atoms with Crippen LogP contribution in [0.15, 0.2) is 11.6 Å². The minimum Gasteiger partial charge on any atom is -0.396 e. The molecule has 0 aromatic rings. The summed E-state index contributed by atoms with van der Waals surface area (Å²) < 4.78 is 0. The monoisotopic (exact) mass is 187 g/mol. The van der Waals surface area contributed by atoms with Crippen LogP contribution in [-0.4, -0.2) is 36.8 Å². The molecular formula is C9H17NO3. The fourth-order valence-corrected chi connectivity index (χ4v) is 0.731. The molecule has 0 amide bonds. The molecule has 0 aromatic heterocycles. The maximum absolute atomic E-state index is 11.2. The molecule has 0 rings (SSSR count). The summed E-state index contributed by atoms with van der Waals surface area (Å²) >= 11 is 0. The van der Waals surface area contributed by atoms with Gasteiger partial charge < -0.3 is 9.94 Å². The second-order valence-electron chi connectivity index (χ2n) is 2.94. The van der Waals surface area contributed by atoms with Gasteiger partial charge >= 0.3 is 5.97 Å². The Labute approximate surface area is 78.8 Å². The van der Waals surface area contributed by atoms with E-state index >= 15 is 0 Å². The van der Waals surface area contributed by atoms with E-state index in [0.717, 1.165) is 0 Å². The molecule has 0 aliphatic rings. The largest absolute Gasteiger partial charge is 0.396 e. The van der Waals surface area contributed by atoms with Gasteiger partial charge in [-0.25, -0.2) is 4.79 Å². The third-order valence-electron chi connectivity index (χ3n) is 1.40. The lowest BCUT2D eigenvalue weighted by Gasteiger charge is -2.09. The number of hydrogen-bond donors (Lipinski definition) is 1. The molecule has 4 nitrogen and oxygen atoms in total. The number of carbonyl (C=O) groups excluding carboxylic acids is 1. The zero-order valence-electron chi connectivity index (χ0n) is 8.41. The van der Waals surface area contributed by atoms with Crippen molar-refractivity contribution in [3.63, 3.8) is 0 Å². The smallest absolute Gasteiger partial charge is 0.352 e. The summed E-state index contributed by atoms with van der Waals surface area (Å²) in [6.07, 6.45) is 3.14. The van der Waals surface area contributed by atoms with Crippen LogP contribution < -0.4 is 0 Å². The van der Waals surface area contributed by atoms with Crippen molar-refractivity contribution in [1.29, 1.82) is 0 Å². The van der Waals surface area contributed by atoms with Crippen LogP contribution in [0.5, 0.6) is 0 Å². The number of aliphatic hydroxyl groups is 1. The maximum Gasteiger partial charge on any atom is 0.352 e. The van der Waals surface area contributed by atoms with Crippen LogP contribution in [0.1, 0.15) is 19.8 Å². The van der Waals surface area contributed by atoms with Gasteiger partial charge in [-0.3, -0.25) is 0 Å². The van der Waals surface area contributed by atoms with E-state index in [1.54, 1.807) is 27.1 Å². The van der Waals surface area contributed by atoms with Crippen molar-refractivity contribution in [1.82, 2.24) is 5.06 Å². The summed E-state index contributed by atoms with van der Waals surface area (Å²) in [5.41, 5.74) is 0.571. The minimum absolute atomic E-state index is 0.145. The molecular weight excluding hydrogens is 170 g/mol. The molecule has 1 N–H and O–H groups in total. The number of hydrogen-bond acceptors (Lipinski definition) is 4. The van der Waals surface area contributed by atoms with E-state index in [2.05, 4.69) is 0 Å². The molecule has 0 bridgehead atoms. The number of carbonyl (C=O) groups is 1. The van der Waals surface area contributed by atoms with E-state index in [9.17, 15) is 4.79 Å². The number of aliphatic hydroxyl groups excluding tert-OH is 1. The van der Waals surface area contributed by atoms with Crippen molar-refractivity contribution in [3.05, 3.63) is 11.6 Å². The third-order valence-corrected chi connectivity index (χ3v) is 1.40. The predicted octanol–water partition coefficient (Wildman–Crippen LogP) is 0.725. The Balaban J connectivity index is 3.86. The van der Waals surface area contributed by atoms with E-state index in [-0.39, 0.29) is 12.6 Å². The standard InChI is InChI=1S/C9H17NO3/c1-8(6-4-5-7-11)9(12)13-10(2)3/h6,11H,4-5,7H2,1-3H3. The summed E-state index contributed by atoms with van der Waals surface area (Å²) in [6, 6.07) is 0. The van der Waals surface area contributed by atoms with Crippen LogP contribution in [0.3, 0.4) is 0 Å². The number of nitrogens with zero attached hydrogens (tertiary/aromatic N) is 1. The summed E-state index contributed by atoms with van der Waals surface area (Å²) in [7, 11) is 3.30. The SMILES string of the molecule is CC(=CCCCO)C(=O)ON(C)C. The third kappa shape index (κ3) is 6.31. The summed E-state index contributed by atoms with van der Waals surface area (Å²) in [5, 5.41) is 9.86. The van der Waals surface area contributed by atoms with E-state index < -0.39 is 0 Å². The normalized spacial score (nSPS) is 11.9. The first-order chi connectivity index (χ1) is 6.07. The van der Waals surface area contributed by atoms with Gasteiger partial charge in [-0.05, 0) is 19.8 Å². The van der Waals surface area contributed by atoms with Gasteiger partial charge in [0.1, 0.15) is 0 Å². The first-order valence-corrected chi connectivity index (χ1v) is 4.25. The number of allylic oxidation sites excluding steroid dienone is 1. The quantitative estimate of drug-likeness (QED) is 0.391. The molecule has 0 heterocycles. The molecule has 0 aliphatic carbocycles. The van der Waals surface area contributed by atoms with Crippen molar-refractivity contribution < 1.29 is 14.7 Å². The molecule has 0 aromatic carbocycles. The molecule has 0 saturated heterocycles. The molecule has 0 aliphatic heterocycles. The van der Waals surface area contributed by atoms with Gasteiger partial charge in [0.2, 0.25) is 0 Å². The Kier molecular flexibility index (Phi) is 6.18. The van der Waals surface area contributed by atoms with Crippen molar-refractivity contribution in [2.24, 2.45) is 0 Å². The molecule has 0 fully saturated rings. The summed E-state index contributed by atoms with van der Waals surface area (Å²) in [6.45, 7) is 1.84. The van der Waals surface area contributed by atoms with E-state index in [1.807, 2.05) is 0 Å². The van der Waals surface area contributed by atoms with Crippen LogP contribution >= 0.6 is 0 Å². The Morgan fingerprint density at radius 1 is 1.54 bits per heavy atom. The lowest BCUT2D eigenvalue weighted by Crippen LogP contribution is -2.19. The molecule has 0 radical (unpaired) electrons. The van der Waals surface area contributed by atoms with Crippen molar-refractivity contribution >= 4 is 5.97 Å².